The molecule has 1 saturated carbocycles. The van der Waals surface area contributed by atoms with Gasteiger partial charge in [-0.2, -0.15) is 0 Å². The average molecular weight is 396 g/mol. The zero-order valence-corrected chi connectivity index (χ0v) is 17.6. The molecule has 0 N–H and O–H groups in total. The fourth-order valence-corrected chi connectivity index (χ4v) is 4.64. The molecule has 152 valence electrons. The molecule has 1 aromatic rings. The molecule has 4 nitrogen and oxygen atoms in total. The van der Waals surface area contributed by atoms with Gasteiger partial charge < -0.3 is 14.4 Å². The van der Waals surface area contributed by atoms with Crippen LogP contribution in [-0.2, 0) is 15.1 Å². The van der Waals surface area contributed by atoms with Crippen LogP contribution in [0.3, 0.4) is 0 Å². The number of hydrogen-bond donors (Lipinski definition) is 0. The summed E-state index contributed by atoms with van der Waals surface area (Å²) in [5, 5.41) is 0. The monoisotopic (exact) mass is 395 g/mol. The largest absolute Gasteiger partial charge is 0.497 e. The van der Waals surface area contributed by atoms with E-state index in [2.05, 4.69) is 17.0 Å². The number of hydrogen-bond acceptors (Lipinski definition) is 4. The number of nitrogens with zero attached hydrogens (tertiary/aromatic N) is 1. The van der Waals surface area contributed by atoms with Gasteiger partial charge in [-0.3, -0.25) is 4.79 Å². The lowest BCUT2D eigenvalue weighted by molar-refractivity contribution is -0.174. The van der Waals surface area contributed by atoms with E-state index >= 15 is 0 Å². The molecule has 1 aliphatic heterocycles. The first-order chi connectivity index (χ1) is 12.7. The molecular formula is C22H34ClNO3. The predicted molar refractivity (Wildman–Crippen MR) is 111 cm³/mol. The Morgan fingerprint density at radius 1 is 1.19 bits per heavy atom. The highest BCUT2D eigenvalue weighted by Crippen LogP contribution is 2.46. The first-order valence-electron chi connectivity index (χ1n) is 10.3. The van der Waals surface area contributed by atoms with Gasteiger partial charge >= 0.3 is 5.97 Å². The van der Waals surface area contributed by atoms with Crippen LogP contribution >= 0.6 is 12.4 Å². The maximum Gasteiger partial charge on any atom is 0.306 e. The normalized spacial score (nSPS) is 26.1. The van der Waals surface area contributed by atoms with Crippen LogP contribution in [0.2, 0.25) is 0 Å². The Kier molecular flexibility index (Phi) is 8.43. The highest BCUT2D eigenvalue weighted by molar-refractivity contribution is 5.85. The molecule has 0 radical (unpaired) electrons. The summed E-state index contributed by atoms with van der Waals surface area (Å²) in [6, 6.07) is 8.15. The second kappa shape index (κ2) is 10.3. The molecule has 2 fully saturated rings. The maximum atomic E-state index is 12.4. The van der Waals surface area contributed by atoms with E-state index < -0.39 is 5.60 Å². The molecule has 0 bridgehead atoms. The molecule has 3 rings (SSSR count). The first-order valence-corrected chi connectivity index (χ1v) is 10.3. The van der Waals surface area contributed by atoms with Gasteiger partial charge in [-0.1, -0.05) is 31.9 Å². The predicted octanol–water partition coefficient (Wildman–Crippen LogP) is 4.94. The Bertz CT molecular complexity index is 603. The van der Waals surface area contributed by atoms with Crippen molar-refractivity contribution >= 4 is 18.4 Å². The van der Waals surface area contributed by atoms with E-state index in [4.69, 9.17) is 9.47 Å². The minimum Gasteiger partial charge on any atom is -0.497 e. The summed E-state index contributed by atoms with van der Waals surface area (Å²) in [6.07, 6.45) is 8.67. The number of piperidine rings is 1. The molecule has 1 aliphatic carbocycles. The van der Waals surface area contributed by atoms with Crippen LogP contribution in [0.4, 0.5) is 0 Å². The second-order valence-electron chi connectivity index (χ2n) is 7.75. The van der Waals surface area contributed by atoms with Gasteiger partial charge in [-0.05, 0) is 62.9 Å². The summed E-state index contributed by atoms with van der Waals surface area (Å²) in [6.45, 7) is 5.25. The number of rotatable bonds is 6. The lowest BCUT2D eigenvalue weighted by atomic mass is 9.70. The van der Waals surface area contributed by atoms with Crippen molar-refractivity contribution in [2.75, 3.05) is 26.7 Å². The van der Waals surface area contributed by atoms with Gasteiger partial charge in [0.15, 0.2) is 0 Å². The lowest BCUT2D eigenvalue weighted by Crippen LogP contribution is -2.48. The molecular weight excluding hydrogens is 362 g/mol. The van der Waals surface area contributed by atoms with Crippen LogP contribution in [0.25, 0.3) is 0 Å². The van der Waals surface area contributed by atoms with E-state index in [1.807, 2.05) is 19.1 Å². The van der Waals surface area contributed by atoms with Gasteiger partial charge in [0.05, 0.1) is 7.11 Å². The Labute approximate surface area is 170 Å². The Balaban J connectivity index is 0.00000261. The number of likely N-dealkylation sites (tertiary alicyclic amines) is 1. The Morgan fingerprint density at radius 3 is 2.67 bits per heavy atom. The lowest BCUT2D eigenvalue weighted by Gasteiger charge is -2.46. The number of ether oxygens (including phenoxy) is 2. The summed E-state index contributed by atoms with van der Waals surface area (Å²) >= 11 is 0. The van der Waals surface area contributed by atoms with Gasteiger partial charge in [-0.15, -0.1) is 12.4 Å². The SMILES string of the molecule is CCC(=O)OC1(c2cccc(OC)c2)CCCCC1CN1CCCCC1.Cl. The van der Waals surface area contributed by atoms with Crippen molar-refractivity contribution in [1.29, 1.82) is 0 Å². The summed E-state index contributed by atoms with van der Waals surface area (Å²) in [7, 11) is 1.69. The van der Waals surface area contributed by atoms with Crippen molar-refractivity contribution in [3.05, 3.63) is 29.8 Å². The van der Waals surface area contributed by atoms with E-state index in [0.29, 0.717) is 12.3 Å². The third kappa shape index (κ3) is 5.17. The average Bonchev–Trinajstić information content (AvgIpc) is 2.70. The molecule has 1 heterocycles. The van der Waals surface area contributed by atoms with Crippen LogP contribution in [0.15, 0.2) is 24.3 Å². The number of carbonyl (C=O) groups excluding carboxylic acids is 1. The third-order valence-electron chi connectivity index (χ3n) is 6.08. The molecule has 2 unspecified atom stereocenters. The second-order valence-corrected chi connectivity index (χ2v) is 7.75. The van der Waals surface area contributed by atoms with Crippen molar-refractivity contribution in [1.82, 2.24) is 4.90 Å². The quantitative estimate of drug-likeness (QED) is 0.639. The van der Waals surface area contributed by atoms with E-state index in [1.54, 1.807) is 7.11 Å². The van der Waals surface area contributed by atoms with Crippen LogP contribution < -0.4 is 4.74 Å². The van der Waals surface area contributed by atoms with Gasteiger partial charge in [0.2, 0.25) is 0 Å². The standard InChI is InChI=1S/C22H33NO3.ClH/c1-3-21(24)26-22(18-11-9-12-20(16-18)25-2)13-6-5-10-19(22)17-23-14-7-4-8-15-23;/h9,11-12,16,19H,3-8,10,13-15,17H2,1-2H3;1H. The van der Waals surface area contributed by atoms with Crippen LogP contribution in [0.5, 0.6) is 5.75 Å². The van der Waals surface area contributed by atoms with Gasteiger partial charge in [-0.25, -0.2) is 0 Å². The summed E-state index contributed by atoms with van der Waals surface area (Å²) in [4.78, 5) is 15.0. The molecule has 0 amide bonds. The van der Waals surface area contributed by atoms with Gasteiger partial charge in [0.25, 0.3) is 0 Å². The summed E-state index contributed by atoms with van der Waals surface area (Å²) in [5.74, 6) is 1.08. The molecule has 1 saturated heterocycles. The molecule has 0 aromatic heterocycles. The topological polar surface area (TPSA) is 38.8 Å². The van der Waals surface area contributed by atoms with E-state index in [-0.39, 0.29) is 18.4 Å². The minimum atomic E-state index is -0.517. The zero-order valence-electron chi connectivity index (χ0n) is 16.7. The van der Waals surface area contributed by atoms with Crippen molar-refractivity contribution < 1.29 is 14.3 Å². The molecule has 1 aromatic carbocycles. The zero-order chi connectivity index (χ0) is 18.4. The number of carbonyl (C=O) groups is 1. The van der Waals surface area contributed by atoms with Gasteiger partial charge in [0, 0.05) is 18.9 Å². The highest BCUT2D eigenvalue weighted by Gasteiger charge is 2.46. The molecule has 27 heavy (non-hydrogen) atoms. The highest BCUT2D eigenvalue weighted by atomic mass is 35.5. The number of halogens is 1. The third-order valence-corrected chi connectivity index (χ3v) is 6.08. The Hall–Kier alpha value is -1.26. The molecule has 0 spiro atoms. The van der Waals surface area contributed by atoms with Crippen LogP contribution in [0, 0.1) is 5.92 Å². The van der Waals surface area contributed by atoms with E-state index in [9.17, 15) is 4.79 Å². The van der Waals surface area contributed by atoms with Crippen molar-refractivity contribution in [3.8, 4) is 5.75 Å². The Morgan fingerprint density at radius 2 is 1.96 bits per heavy atom. The van der Waals surface area contributed by atoms with Crippen molar-refractivity contribution in [2.45, 2.75) is 63.9 Å². The van der Waals surface area contributed by atoms with Crippen LogP contribution in [0.1, 0.15) is 63.9 Å². The minimum absolute atomic E-state index is 0. The molecule has 2 atom stereocenters. The summed E-state index contributed by atoms with van der Waals surface area (Å²) in [5.41, 5.74) is 0.581. The fraction of sp³-hybridized carbons (Fsp3) is 0.682. The summed E-state index contributed by atoms with van der Waals surface area (Å²) < 4.78 is 11.7. The molecule has 2 aliphatic rings. The number of methoxy groups -OCH3 is 1. The van der Waals surface area contributed by atoms with E-state index in [0.717, 1.165) is 37.1 Å². The smallest absolute Gasteiger partial charge is 0.306 e. The first kappa shape index (κ1) is 22.0. The number of esters is 1. The van der Waals surface area contributed by atoms with Crippen molar-refractivity contribution in [2.24, 2.45) is 5.92 Å². The maximum absolute atomic E-state index is 12.4. The van der Waals surface area contributed by atoms with Crippen molar-refractivity contribution in [3.63, 3.8) is 0 Å². The van der Waals surface area contributed by atoms with Gasteiger partial charge in [0.1, 0.15) is 11.4 Å². The fourth-order valence-electron chi connectivity index (χ4n) is 4.64. The molecule has 5 heteroatoms. The number of benzene rings is 1. The van der Waals surface area contributed by atoms with E-state index in [1.165, 1.54) is 38.8 Å². The van der Waals surface area contributed by atoms with Crippen LogP contribution in [-0.4, -0.2) is 37.6 Å².